The quantitative estimate of drug-likeness (QED) is 0.169. The van der Waals surface area contributed by atoms with Gasteiger partial charge in [0.15, 0.2) is 0 Å². The van der Waals surface area contributed by atoms with E-state index in [-0.39, 0.29) is 0 Å². The Bertz CT molecular complexity index is 1170. The van der Waals surface area contributed by atoms with Crippen LogP contribution in [-0.2, 0) is 0 Å². The molecule has 0 fully saturated rings. The van der Waals surface area contributed by atoms with Crippen molar-refractivity contribution in [2.24, 2.45) is 10.7 Å². The van der Waals surface area contributed by atoms with Crippen LogP contribution in [0.3, 0.4) is 0 Å². The van der Waals surface area contributed by atoms with Gasteiger partial charge < -0.3 is 5.73 Å². The number of amidine groups is 1. The monoisotopic (exact) mass is 432 g/mol. The minimum atomic E-state index is -0.593. The number of aliphatic imine (C=N–C) groups is 1. The van der Waals surface area contributed by atoms with E-state index in [9.17, 15) is 0 Å². The fourth-order valence-corrected chi connectivity index (χ4v) is 5.77. The van der Waals surface area contributed by atoms with Crippen LogP contribution in [0.4, 0.5) is 5.69 Å². The zero-order chi connectivity index (χ0) is 22.2. The van der Waals surface area contributed by atoms with Gasteiger partial charge in [-0.3, -0.25) is 0 Å². The van der Waals surface area contributed by atoms with Crippen LogP contribution in [0.1, 0.15) is 0 Å². The van der Waals surface area contributed by atoms with E-state index in [1.807, 2.05) is 12.1 Å². The standard InChI is InChI=1S/C29H25N2P/c1-2-3-14-29(30)31-25-19-15-23(16-20-25)24-17-21-28(22-18-24)32(26-10-6-4-7-11-26)27-12-8-5-9-13-27/h2-22H,1H2,(H2,30,31)/b14-3-. The summed E-state index contributed by atoms with van der Waals surface area (Å²) in [6, 6.07) is 38.6. The van der Waals surface area contributed by atoms with Crippen LogP contribution in [0.15, 0.2) is 139 Å². The molecule has 4 aromatic carbocycles. The van der Waals surface area contributed by atoms with Crippen molar-refractivity contribution in [3.05, 3.63) is 134 Å². The molecule has 2 N–H and O–H groups in total. The molecule has 0 atom stereocenters. The van der Waals surface area contributed by atoms with Crippen molar-refractivity contribution < 1.29 is 0 Å². The van der Waals surface area contributed by atoms with Gasteiger partial charge >= 0.3 is 0 Å². The second-order valence-electron chi connectivity index (χ2n) is 7.23. The molecule has 0 unspecified atom stereocenters. The lowest BCUT2D eigenvalue weighted by Crippen LogP contribution is -2.20. The highest BCUT2D eigenvalue weighted by Gasteiger charge is 2.16. The Kier molecular flexibility index (Phi) is 7.07. The topological polar surface area (TPSA) is 38.4 Å². The van der Waals surface area contributed by atoms with Crippen LogP contribution in [0, 0.1) is 0 Å². The molecule has 3 heteroatoms. The van der Waals surface area contributed by atoms with Crippen LogP contribution in [-0.4, -0.2) is 5.84 Å². The molecule has 0 amide bonds. The highest BCUT2D eigenvalue weighted by atomic mass is 31.1. The Morgan fingerprint density at radius 2 is 1.12 bits per heavy atom. The molecule has 0 aliphatic carbocycles. The molecule has 0 heterocycles. The van der Waals surface area contributed by atoms with Crippen LogP contribution in [0.25, 0.3) is 11.1 Å². The van der Waals surface area contributed by atoms with E-state index in [2.05, 4.69) is 109 Å². The molecule has 4 aromatic rings. The van der Waals surface area contributed by atoms with Gasteiger partial charge in [-0.2, -0.15) is 0 Å². The Morgan fingerprint density at radius 3 is 1.62 bits per heavy atom. The summed E-state index contributed by atoms with van der Waals surface area (Å²) in [5.74, 6) is 0.456. The van der Waals surface area contributed by atoms with Crippen LogP contribution in [0.5, 0.6) is 0 Å². The predicted octanol–water partition coefficient (Wildman–Crippen LogP) is 5.84. The van der Waals surface area contributed by atoms with Crippen LogP contribution < -0.4 is 21.6 Å². The number of nitrogens with zero attached hydrogens (tertiary/aromatic N) is 1. The zero-order valence-corrected chi connectivity index (χ0v) is 18.7. The first-order valence-electron chi connectivity index (χ1n) is 10.5. The first kappa shape index (κ1) is 21.5. The molecule has 0 aromatic heterocycles. The highest BCUT2D eigenvalue weighted by Crippen LogP contribution is 2.33. The lowest BCUT2D eigenvalue weighted by molar-refractivity contribution is 1.48. The highest BCUT2D eigenvalue weighted by molar-refractivity contribution is 7.79. The minimum Gasteiger partial charge on any atom is -0.384 e. The van der Waals surface area contributed by atoms with Gasteiger partial charge in [0.1, 0.15) is 5.84 Å². The summed E-state index contributed by atoms with van der Waals surface area (Å²) in [6.45, 7) is 3.64. The zero-order valence-electron chi connectivity index (χ0n) is 17.8. The van der Waals surface area contributed by atoms with Gasteiger partial charge in [0.25, 0.3) is 0 Å². The maximum atomic E-state index is 5.90. The first-order chi connectivity index (χ1) is 15.7. The number of nitrogens with two attached hydrogens (primary N) is 1. The van der Waals surface area contributed by atoms with Gasteiger partial charge in [0.2, 0.25) is 0 Å². The van der Waals surface area contributed by atoms with E-state index in [1.165, 1.54) is 21.5 Å². The average molecular weight is 433 g/mol. The molecule has 0 saturated heterocycles. The third-order valence-electron chi connectivity index (χ3n) is 5.02. The van der Waals surface area contributed by atoms with Gasteiger partial charge in [-0.15, -0.1) is 0 Å². The summed E-state index contributed by atoms with van der Waals surface area (Å²) < 4.78 is 0. The fourth-order valence-electron chi connectivity index (χ4n) is 3.49. The smallest absolute Gasteiger partial charge is 0.124 e. The molecule has 0 radical (unpaired) electrons. The number of rotatable bonds is 7. The molecule has 0 spiro atoms. The fraction of sp³-hybridized carbons (Fsp3) is 0. The van der Waals surface area contributed by atoms with Gasteiger partial charge in [0, 0.05) is 0 Å². The summed E-state index contributed by atoms with van der Waals surface area (Å²) in [7, 11) is -0.593. The molecule has 32 heavy (non-hydrogen) atoms. The van der Waals surface area contributed by atoms with Gasteiger partial charge in [-0.1, -0.05) is 116 Å². The molecule has 0 aliphatic rings. The van der Waals surface area contributed by atoms with Crippen molar-refractivity contribution in [2.75, 3.05) is 0 Å². The average Bonchev–Trinajstić information content (AvgIpc) is 2.85. The van der Waals surface area contributed by atoms with E-state index >= 15 is 0 Å². The maximum Gasteiger partial charge on any atom is 0.124 e. The second-order valence-corrected chi connectivity index (χ2v) is 9.45. The number of hydrogen-bond donors (Lipinski definition) is 1. The molecule has 0 aliphatic heterocycles. The van der Waals surface area contributed by atoms with Gasteiger partial charge in [-0.05, 0) is 53.2 Å². The normalized spacial score (nSPS) is 11.7. The third-order valence-corrected chi connectivity index (χ3v) is 7.46. The van der Waals surface area contributed by atoms with Crippen molar-refractivity contribution in [1.82, 2.24) is 0 Å². The van der Waals surface area contributed by atoms with Crippen LogP contribution >= 0.6 is 7.92 Å². The molecular formula is C29H25N2P. The van der Waals surface area contributed by atoms with Crippen LogP contribution in [0.2, 0.25) is 0 Å². The summed E-state index contributed by atoms with van der Waals surface area (Å²) >= 11 is 0. The molecule has 0 saturated carbocycles. The summed E-state index contributed by atoms with van der Waals surface area (Å²) in [5, 5.41) is 4.04. The number of benzene rings is 4. The first-order valence-corrected chi connectivity index (χ1v) is 11.8. The van der Waals surface area contributed by atoms with E-state index in [0.29, 0.717) is 5.84 Å². The Hall–Kier alpha value is -3.74. The lowest BCUT2D eigenvalue weighted by atomic mass is 10.1. The molecule has 4 rings (SSSR count). The van der Waals surface area contributed by atoms with Crippen molar-refractivity contribution in [3.8, 4) is 11.1 Å². The number of hydrogen-bond acceptors (Lipinski definition) is 1. The third kappa shape index (κ3) is 5.29. The number of allylic oxidation sites excluding steroid dienone is 2. The summed E-state index contributed by atoms with van der Waals surface area (Å²) in [6.07, 6.45) is 5.18. The SMILES string of the molecule is C=C/C=C\C(N)=Nc1ccc(-c2ccc(P(c3ccccc3)c3ccccc3)cc2)cc1. The minimum absolute atomic E-state index is 0.456. The molecule has 156 valence electrons. The summed E-state index contributed by atoms with van der Waals surface area (Å²) in [5.41, 5.74) is 9.06. The van der Waals surface area contributed by atoms with Gasteiger partial charge in [0.05, 0.1) is 5.69 Å². The Balaban J connectivity index is 1.60. The molecular weight excluding hydrogens is 407 g/mol. The van der Waals surface area contributed by atoms with Gasteiger partial charge in [-0.25, -0.2) is 4.99 Å². The second kappa shape index (κ2) is 10.5. The summed E-state index contributed by atoms with van der Waals surface area (Å²) in [4.78, 5) is 4.40. The van der Waals surface area contributed by atoms with E-state index < -0.39 is 7.92 Å². The van der Waals surface area contributed by atoms with Crippen molar-refractivity contribution >= 4 is 35.4 Å². The Labute approximate surface area is 191 Å². The van der Waals surface area contributed by atoms with Crippen molar-refractivity contribution in [3.63, 3.8) is 0 Å². The maximum absolute atomic E-state index is 5.90. The molecule has 0 bridgehead atoms. The van der Waals surface area contributed by atoms with Crippen molar-refractivity contribution in [2.45, 2.75) is 0 Å². The largest absolute Gasteiger partial charge is 0.384 e. The predicted molar refractivity (Wildman–Crippen MR) is 141 cm³/mol. The molecule has 2 nitrogen and oxygen atoms in total. The lowest BCUT2D eigenvalue weighted by Gasteiger charge is -2.19. The Morgan fingerprint density at radius 1 is 0.656 bits per heavy atom. The van der Waals surface area contributed by atoms with Crippen molar-refractivity contribution in [1.29, 1.82) is 0 Å². The van der Waals surface area contributed by atoms with E-state index in [0.717, 1.165) is 11.3 Å². The van der Waals surface area contributed by atoms with E-state index in [1.54, 1.807) is 18.2 Å². The van der Waals surface area contributed by atoms with E-state index in [4.69, 9.17) is 5.73 Å².